The van der Waals surface area contributed by atoms with E-state index < -0.39 is 0 Å². The SMILES string of the molecule is Cc1ccc(C(=O)Nc2ccccc2)cc1NCC(=O)Nc1cccc(Cl)c1Cl. The summed E-state index contributed by atoms with van der Waals surface area (Å²) in [6, 6.07) is 19.5. The Kier molecular flexibility index (Phi) is 6.75. The van der Waals surface area contributed by atoms with Crippen molar-refractivity contribution in [3.63, 3.8) is 0 Å². The van der Waals surface area contributed by atoms with Crippen molar-refractivity contribution < 1.29 is 9.59 Å². The first-order valence-corrected chi connectivity index (χ1v) is 9.64. The van der Waals surface area contributed by atoms with Gasteiger partial charge in [0.1, 0.15) is 0 Å². The summed E-state index contributed by atoms with van der Waals surface area (Å²) < 4.78 is 0. The quantitative estimate of drug-likeness (QED) is 0.478. The number of aryl methyl sites for hydroxylation is 1. The fraction of sp³-hybridized carbons (Fsp3) is 0.0909. The Hall–Kier alpha value is -3.02. The minimum absolute atomic E-state index is 0.00738. The standard InChI is InChI=1S/C22H19Cl2N3O2/c1-14-10-11-15(22(29)26-16-6-3-2-4-7-16)12-19(14)25-13-20(28)27-18-9-5-8-17(23)21(18)24/h2-12,25H,13H2,1H3,(H,26,29)(H,27,28). The molecule has 29 heavy (non-hydrogen) atoms. The number of benzene rings is 3. The molecule has 2 amide bonds. The highest BCUT2D eigenvalue weighted by molar-refractivity contribution is 6.44. The van der Waals surface area contributed by atoms with Crippen molar-refractivity contribution in [3.8, 4) is 0 Å². The predicted molar refractivity (Wildman–Crippen MR) is 119 cm³/mol. The van der Waals surface area contributed by atoms with Gasteiger partial charge in [0.2, 0.25) is 5.91 Å². The molecule has 3 aromatic rings. The summed E-state index contributed by atoms with van der Waals surface area (Å²) >= 11 is 12.0. The van der Waals surface area contributed by atoms with Gasteiger partial charge in [-0.1, -0.05) is 53.5 Å². The molecule has 0 saturated carbocycles. The van der Waals surface area contributed by atoms with Gasteiger partial charge in [-0.3, -0.25) is 9.59 Å². The Bertz CT molecular complexity index is 1040. The van der Waals surface area contributed by atoms with Crippen LogP contribution in [-0.2, 0) is 4.79 Å². The molecular weight excluding hydrogens is 409 g/mol. The van der Waals surface area contributed by atoms with Crippen LogP contribution in [-0.4, -0.2) is 18.4 Å². The lowest BCUT2D eigenvalue weighted by atomic mass is 10.1. The number of halogens is 2. The van der Waals surface area contributed by atoms with Crippen molar-refractivity contribution in [1.29, 1.82) is 0 Å². The number of rotatable bonds is 6. The summed E-state index contributed by atoms with van der Waals surface area (Å²) in [6.45, 7) is 1.90. The van der Waals surface area contributed by atoms with E-state index in [0.717, 1.165) is 5.56 Å². The van der Waals surface area contributed by atoms with Gasteiger partial charge in [0, 0.05) is 16.9 Å². The highest BCUT2D eigenvalue weighted by Crippen LogP contribution is 2.29. The van der Waals surface area contributed by atoms with Crippen molar-refractivity contribution in [2.75, 3.05) is 22.5 Å². The van der Waals surface area contributed by atoms with E-state index in [-0.39, 0.29) is 18.4 Å². The molecule has 3 N–H and O–H groups in total. The third-order valence-electron chi connectivity index (χ3n) is 4.20. The smallest absolute Gasteiger partial charge is 0.255 e. The van der Waals surface area contributed by atoms with Gasteiger partial charge in [0.05, 0.1) is 22.3 Å². The molecule has 0 aliphatic heterocycles. The molecule has 0 fully saturated rings. The van der Waals surface area contributed by atoms with E-state index in [1.165, 1.54) is 0 Å². The summed E-state index contributed by atoms with van der Waals surface area (Å²) in [7, 11) is 0. The summed E-state index contributed by atoms with van der Waals surface area (Å²) in [4.78, 5) is 24.7. The van der Waals surface area contributed by atoms with Crippen LogP contribution < -0.4 is 16.0 Å². The van der Waals surface area contributed by atoms with Crippen LogP contribution in [0.2, 0.25) is 10.0 Å². The molecular formula is C22H19Cl2N3O2. The molecule has 3 rings (SSSR count). The number of amides is 2. The fourth-order valence-corrected chi connectivity index (χ4v) is 3.00. The topological polar surface area (TPSA) is 70.2 Å². The number of para-hydroxylation sites is 1. The van der Waals surface area contributed by atoms with Crippen LogP contribution in [0.5, 0.6) is 0 Å². The van der Waals surface area contributed by atoms with E-state index in [1.807, 2.05) is 43.3 Å². The molecule has 0 radical (unpaired) electrons. The third-order valence-corrected chi connectivity index (χ3v) is 5.02. The maximum Gasteiger partial charge on any atom is 0.255 e. The van der Waals surface area contributed by atoms with E-state index >= 15 is 0 Å². The monoisotopic (exact) mass is 427 g/mol. The number of hydrogen-bond donors (Lipinski definition) is 3. The van der Waals surface area contributed by atoms with Gasteiger partial charge < -0.3 is 16.0 Å². The predicted octanol–water partition coefficient (Wildman–Crippen LogP) is 5.60. The highest BCUT2D eigenvalue weighted by atomic mass is 35.5. The van der Waals surface area contributed by atoms with Gasteiger partial charge in [-0.2, -0.15) is 0 Å². The maximum absolute atomic E-state index is 12.5. The zero-order valence-electron chi connectivity index (χ0n) is 15.6. The average Bonchev–Trinajstić information content (AvgIpc) is 2.71. The summed E-state index contributed by atoms with van der Waals surface area (Å²) in [5.41, 5.74) is 3.25. The molecule has 0 unspecified atom stereocenters. The van der Waals surface area contributed by atoms with Crippen molar-refractivity contribution in [3.05, 3.63) is 87.9 Å². The van der Waals surface area contributed by atoms with Crippen molar-refractivity contribution in [2.45, 2.75) is 6.92 Å². The highest BCUT2D eigenvalue weighted by Gasteiger charge is 2.11. The number of carbonyl (C=O) groups is 2. The minimum Gasteiger partial charge on any atom is -0.376 e. The van der Waals surface area contributed by atoms with Crippen LogP contribution in [0.4, 0.5) is 17.1 Å². The van der Waals surface area contributed by atoms with Gasteiger partial charge in [0.15, 0.2) is 0 Å². The maximum atomic E-state index is 12.5. The molecule has 148 valence electrons. The zero-order chi connectivity index (χ0) is 20.8. The van der Waals surface area contributed by atoms with E-state index in [1.54, 1.807) is 30.3 Å². The van der Waals surface area contributed by atoms with Gasteiger partial charge in [-0.25, -0.2) is 0 Å². The fourth-order valence-electron chi connectivity index (χ4n) is 2.65. The van der Waals surface area contributed by atoms with E-state index in [0.29, 0.717) is 32.7 Å². The van der Waals surface area contributed by atoms with Crippen LogP contribution >= 0.6 is 23.2 Å². The van der Waals surface area contributed by atoms with Gasteiger partial charge in [-0.15, -0.1) is 0 Å². The first kappa shape index (κ1) is 20.7. The van der Waals surface area contributed by atoms with Crippen LogP contribution in [0.25, 0.3) is 0 Å². The summed E-state index contributed by atoms with van der Waals surface area (Å²) in [5, 5.41) is 9.27. The molecule has 5 nitrogen and oxygen atoms in total. The molecule has 0 aromatic heterocycles. The van der Waals surface area contributed by atoms with Crippen LogP contribution in [0.15, 0.2) is 66.7 Å². The van der Waals surface area contributed by atoms with Crippen LogP contribution in [0.3, 0.4) is 0 Å². The lowest BCUT2D eigenvalue weighted by Gasteiger charge is -2.13. The second kappa shape index (κ2) is 9.45. The Labute approximate surface area is 179 Å². The number of anilines is 3. The minimum atomic E-state index is -0.285. The molecule has 7 heteroatoms. The largest absolute Gasteiger partial charge is 0.376 e. The van der Waals surface area contributed by atoms with E-state index in [9.17, 15) is 9.59 Å². The second-order valence-electron chi connectivity index (χ2n) is 6.35. The first-order chi connectivity index (χ1) is 13.9. The molecule has 0 heterocycles. The molecule has 0 atom stereocenters. The summed E-state index contributed by atoms with van der Waals surface area (Å²) in [6.07, 6.45) is 0. The number of carbonyl (C=O) groups excluding carboxylic acids is 2. The molecule has 3 aromatic carbocycles. The van der Waals surface area contributed by atoms with Gasteiger partial charge in [0.25, 0.3) is 5.91 Å². The molecule has 0 bridgehead atoms. The Balaban J connectivity index is 1.64. The molecule has 0 saturated heterocycles. The van der Waals surface area contributed by atoms with Crippen molar-refractivity contribution in [2.24, 2.45) is 0 Å². The zero-order valence-corrected chi connectivity index (χ0v) is 17.1. The Morgan fingerprint density at radius 1 is 0.862 bits per heavy atom. The van der Waals surface area contributed by atoms with Crippen LogP contribution in [0, 0.1) is 6.92 Å². The van der Waals surface area contributed by atoms with Crippen molar-refractivity contribution >= 4 is 52.1 Å². The lowest BCUT2D eigenvalue weighted by molar-refractivity contribution is -0.114. The number of hydrogen-bond acceptors (Lipinski definition) is 3. The molecule has 0 spiro atoms. The second-order valence-corrected chi connectivity index (χ2v) is 7.14. The normalized spacial score (nSPS) is 10.3. The average molecular weight is 428 g/mol. The Morgan fingerprint density at radius 2 is 1.62 bits per heavy atom. The first-order valence-electron chi connectivity index (χ1n) is 8.89. The van der Waals surface area contributed by atoms with E-state index in [4.69, 9.17) is 23.2 Å². The van der Waals surface area contributed by atoms with Crippen LogP contribution in [0.1, 0.15) is 15.9 Å². The van der Waals surface area contributed by atoms with Crippen molar-refractivity contribution in [1.82, 2.24) is 0 Å². The number of nitrogens with one attached hydrogen (secondary N) is 3. The summed E-state index contributed by atoms with van der Waals surface area (Å²) in [5.74, 6) is -0.512. The van der Waals surface area contributed by atoms with E-state index in [2.05, 4.69) is 16.0 Å². The Morgan fingerprint density at radius 3 is 2.38 bits per heavy atom. The third kappa shape index (κ3) is 5.50. The molecule has 0 aliphatic carbocycles. The van der Waals surface area contributed by atoms with Gasteiger partial charge >= 0.3 is 0 Å². The molecule has 0 aliphatic rings. The lowest BCUT2D eigenvalue weighted by Crippen LogP contribution is -2.22. The van der Waals surface area contributed by atoms with Gasteiger partial charge in [-0.05, 0) is 48.9 Å².